The molecule has 172 valence electrons. The Kier molecular flexibility index (Phi) is 4.47. The van der Waals surface area contributed by atoms with Crippen molar-refractivity contribution < 1.29 is 31.6 Å². The Bertz CT molecular complexity index is 1640. The molecule has 8 heteroatoms. The molecule has 1 aliphatic heterocycles. The van der Waals surface area contributed by atoms with Gasteiger partial charge in [0.1, 0.15) is 11.2 Å². The van der Waals surface area contributed by atoms with E-state index in [4.69, 9.17) is 8.83 Å². The van der Waals surface area contributed by atoms with E-state index in [0.29, 0.717) is 16.1 Å². The molecule has 0 N–H and O–H groups in total. The SMILES string of the molecule is O=C1c2cc3oc4ccccc4c4ccccc4oc3cc2C(=O)N1c1ccccc1C(F)(F)F. The molecule has 0 bridgehead atoms. The summed E-state index contributed by atoms with van der Waals surface area (Å²) >= 11 is 0. The van der Waals surface area contributed by atoms with Crippen LogP contribution in [0.2, 0.25) is 0 Å². The first-order valence-electron chi connectivity index (χ1n) is 10.6. The molecular formula is C27H14F3NO4. The molecule has 0 atom stereocenters. The lowest BCUT2D eigenvalue weighted by atomic mass is 10.1. The molecule has 4 aromatic carbocycles. The number of hydrogen-bond donors (Lipinski definition) is 0. The molecule has 5 nitrogen and oxygen atoms in total. The predicted molar refractivity (Wildman–Crippen MR) is 124 cm³/mol. The highest BCUT2D eigenvalue weighted by Gasteiger charge is 2.42. The number of rotatable bonds is 1. The van der Waals surface area contributed by atoms with Crippen LogP contribution in [0.15, 0.2) is 93.8 Å². The molecule has 35 heavy (non-hydrogen) atoms. The van der Waals surface area contributed by atoms with Gasteiger partial charge in [0.25, 0.3) is 11.8 Å². The number of carbonyl (C=O) groups excluding carboxylic acids is 2. The molecular weight excluding hydrogens is 459 g/mol. The van der Waals surface area contributed by atoms with Crippen molar-refractivity contribution in [2.24, 2.45) is 0 Å². The first-order valence-corrected chi connectivity index (χ1v) is 10.6. The Morgan fingerprint density at radius 1 is 0.600 bits per heavy atom. The topological polar surface area (TPSA) is 63.7 Å². The van der Waals surface area contributed by atoms with Crippen molar-refractivity contribution in [3.8, 4) is 0 Å². The predicted octanol–water partition coefficient (Wildman–Crippen LogP) is 7.28. The normalized spacial score (nSPS) is 13.6. The molecule has 0 aliphatic carbocycles. The number of anilines is 1. The highest BCUT2D eigenvalue weighted by atomic mass is 19.4. The van der Waals surface area contributed by atoms with Gasteiger partial charge in [-0.1, -0.05) is 48.5 Å². The maximum atomic E-state index is 13.6. The quantitative estimate of drug-likeness (QED) is 0.240. The number of carbonyl (C=O) groups is 2. The standard InChI is InChI=1S/C27H14F3NO4/c28-27(29,30)19-9-3-4-10-20(19)31-25(32)17-13-23-24(14-18(17)26(31)33)35-22-12-6-2-8-16(22)15-7-1-5-11-21(15)34-23/h1-14H. The molecule has 1 aromatic heterocycles. The Hall–Kier alpha value is -4.59. The second kappa shape index (κ2) is 7.46. The summed E-state index contributed by atoms with van der Waals surface area (Å²) in [6.45, 7) is 0. The van der Waals surface area contributed by atoms with Gasteiger partial charge in [-0.3, -0.25) is 9.59 Å². The Morgan fingerprint density at radius 3 is 1.57 bits per heavy atom. The Labute approximate surface area is 195 Å². The molecule has 0 fully saturated rings. The van der Waals surface area contributed by atoms with E-state index in [1.807, 2.05) is 24.3 Å². The third kappa shape index (κ3) is 3.25. The van der Waals surface area contributed by atoms with Gasteiger partial charge in [-0.25, -0.2) is 4.90 Å². The number of halogens is 3. The number of imide groups is 1. The van der Waals surface area contributed by atoms with E-state index < -0.39 is 29.2 Å². The minimum Gasteiger partial charge on any atom is -0.453 e. The van der Waals surface area contributed by atoms with Gasteiger partial charge in [0.2, 0.25) is 0 Å². The second-order valence-electron chi connectivity index (χ2n) is 8.00. The molecule has 2 amide bonds. The monoisotopic (exact) mass is 473 g/mol. The van der Waals surface area contributed by atoms with Gasteiger partial charge in [0, 0.05) is 10.8 Å². The van der Waals surface area contributed by atoms with Gasteiger partial charge in [-0.2, -0.15) is 13.2 Å². The zero-order valence-corrected chi connectivity index (χ0v) is 17.8. The van der Waals surface area contributed by atoms with Crippen LogP contribution in [0.5, 0.6) is 0 Å². The summed E-state index contributed by atoms with van der Waals surface area (Å²) in [4.78, 5) is 27.0. The van der Waals surface area contributed by atoms with Crippen molar-refractivity contribution in [1.82, 2.24) is 0 Å². The van der Waals surface area contributed by atoms with E-state index in [9.17, 15) is 22.8 Å². The third-order valence-electron chi connectivity index (χ3n) is 5.91. The minimum absolute atomic E-state index is 0.0688. The van der Waals surface area contributed by atoms with Crippen molar-refractivity contribution in [2.75, 3.05) is 4.90 Å². The number of nitrogens with zero attached hydrogens (tertiary/aromatic N) is 1. The highest BCUT2D eigenvalue weighted by molar-refractivity contribution is 6.35. The van der Waals surface area contributed by atoms with Crippen molar-refractivity contribution in [3.63, 3.8) is 0 Å². The zero-order chi connectivity index (χ0) is 24.3. The van der Waals surface area contributed by atoms with Gasteiger partial charge in [0.15, 0.2) is 11.2 Å². The van der Waals surface area contributed by atoms with Crippen LogP contribution in [-0.2, 0) is 6.18 Å². The molecule has 0 spiro atoms. The van der Waals surface area contributed by atoms with Crippen LogP contribution in [-0.4, -0.2) is 11.8 Å². The number of fused-ring (bicyclic) bond motifs is 5. The first-order chi connectivity index (χ1) is 16.8. The largest absolute Gasteiger partial charge is 0.453 e. The summed E-state index contributed by atoms with van der Waals surface area (Å²) in [6, 6.07) is 21.7. The van der Waals surface area contributed by atoms with Crippen LogP contribution in [0.3, 0.4) is 0 Å². The second-order valence-corrected chi connectivity index (χ2v) is 8.00. The van der Waals surface area contributed by atoms with Crippen LogP contribution in [0.25, 0.3) is 33.1 Å². The lowest BCUT2D eigenvalue weighted by Gasteiger charge is -2.19. The van der Waals surface area contributed by atoms with Crippen LogP contribution < -0.4 is 4.90 Å². The maximum absolute atomic E-state index is 13.6. The lowest BCUT2D eigenvalue weighted by Crippen LogP contribution is -2.31. The van der Waals surface area contributed by atoms with Gasteiger partial charge < -0.3 is 8.83 Å². The molecule has 0 saturated carbocycles. The summed E-state index contributed by atoms with van der Waals surface area (Å²) in [5.74, 6) is -1.74. The molecule has 6 rings (SSSR count). The highest BCUT2D eigenvalue weighted by Crippen LogP contribution is 2.40. The van der Waals surface area contributed by atoms with Gasteiger partial charge in [0.05, 0.1) is 22.4 Å². The molecule has 0 unspecified atom stereocenters. The number of hydrogen-bond acceptors (Lipinski definition) is 4. The average Bonchev–Trinajstić information content (AvgIpc) is 3.07. The minimum atomic E-state index is -4.75. The fraction of sp³-hybridized carbons (Fsp3) is 0.0370. The summed E-state index contributed by atoms with van der Waals surface area (Å²) in [7, 11) is 0. The fourth-order valence-electron chi connectivity index (χ4n) is 4.33. The number of alkyl halides is 3. The van der Waals surface area contributed by atoms with E-state index in [0.717, 1.165) is 22.9 Å². The molecule has 0 saturated heterocycles. The van der Waals surface area contributed by atoms with Crippen LogP contribution in [0, 0.1) is 0 Å². The Morgan fingerprint density at radius 2 is 1.06 bits per heavy atom. The van der Waals surface area contributed by atoms with E-state index >= 15 is 0 Å². The van der Waals surface area contributed by atoms with Crippen molar-refractivity contribution in [3.05, 3.63) is 102 Å². The number of benzene rings is 4. The third-order valence-corrected chi connectivity index (χ3v) is 5.91. The molecule has 2 heterocycles. The molecule has 0 radical (unpaired) electrons. The molecule has 5 aromatic rings. The van der Waals surface area contributed by atoms with Gasteiger partial charge in [-0.15, -0.1) is 0 Å². The Balaban J connectivity index is 1.63. The van der Waals surface area contributed by atoms with E-state index in [2.05, 4.69) is 0 Å². The number of amides is 2. The molecule has 1 aliphatic rings. The first kappa shape index (κ1) is 21.0. The summed E-state index contributed by atoms with van der Waals surface area (Å²) in [5.41, 5.74) is -0.419. The smallest absolute Gasteiger partial charge is 0.418 e. The van der Waals surface area contributed by atoms with Crippen molar-refractivity contribution in [2.45, 2.75) is 6.18 Å². The van der Waals surface area contributed by atoms with E-state index in [1.54, 1.807) is 24.3 Å². The maximum Gasteiger partial charge on any atom is 0.418 e. The summed E-state index contributed by atoms with van der Waals surface area (Å²) < 4.78 is 53.0. The fourth-order valence-corrected chi connectivity index (χ4v) is 4.33. The van der Waals surface area contributed by atoms with E-state index in [-0.39, 0.29) is 22.3 Å². The zero-order valence-electron chi connectivity index (χ0n) is 17.8. The van der Waals surface area contributed by atoms with Gasteiger partial charge in [-0.05, 0) is 36.4 Å². The lowest BCUT2D eigenvalue weighted by molar-refractivity contribution is -0.137. The van der Waals surface area contributed by atoms with Crippen LogP contribution in [0.1, 0.15) is 26.3 Å². The number of para-hydroxylation sites is 3. The van der Waals surface area contributed by atoms with Crippen LogP contribution >= 0.6 is 0 Å². The summed E-state index contributed by atoms with van der Waals surface area (Å²) in [6.07, 6.45) is -4.75. The van der Waals surface area contributed by atoms with E-state index in [1.165, 1.54) is 24.3 Å². The van der Waals surface area contributed by atoms with Crippen molar-refractivity contribution in [1.29, 1.82) is 0 Å². The van der Waals surface area contributed by atoms with Gasteiger partial charge >= 0.3 is 6.18 Å². The van der Waals surface area contributed by atoms with Crippen LogP contribution in [0.4, 0.5) is 18.9 Å². The summed E-state index contributed by atoms with van der Waals surface area (Å²) in [5, 5.41) is 1.52. The van der Waals surface area contributed by atoms with Crippen molar-refractivity contribution >= 4 is 50.6 Å². The average molecular weight is 473 g/mol.